The number of hydrogen-bond donors (Lipinski definition) is 0. The van der Waals surface area contributed by atoms with Crippen molar-refractivity contribution in [3.05, 3.63) is 77.5 Å². The summed E-state index contributed by atoms with van der Waals surface area (Å²) in [6, 6.07) is 23.2. The molecule has 1 aliphatic carbocycles. The number of nitrogens with zero attached hydrogens (tertiary/aromatic N) is 5. The van der Waals surface area contributed by atoms with Gasteiger partial charge in [0.05, 0.1) is 29.1 Å². The van der Waals surface area contributed by atoms with Gasteiger partial charge in [-0.1, -0.05) is 68.7 Å². The fourth-order valence-corrected chi connectivity index (χ4v) is 7.78. The lowest BCUT2D eigenvalue weighted by Crippen LogP contribution is -2.45. The van der Waals surface area contributed by atoms with E-state index in [2.05, 4.69) is 77.8 Å². The second kappa shape index (κ2) is 16.3. The largest absolute Gasteiger partial charge is 0.306 e. The molecule has 0 radical (unpaired) electrons. The standard InChI is InChI=1S/C21H31NO.C18H22N4/c1-2-9-20(23)21(18-12-7-4-8-13-18)22-15-14-19(16-22)17-10-5-3-6-11-17;1-3-22-18(16-6-4-14(13-19)5-7-16)12-17(20-22)15-8-10-21(2)11-9-15/h3,5-6,10-11,18-19,21H,2,4,7-9,12-16H2,1H3;4-7,12,15H,3,8-11H2,1-2H3/t19?,21-;/m1./s1. The van der Waals surface area contributed by atoms with Crippen LogP contribution >= 0.6 is 0 Å². The first kappa shape index (κ1) is 33.1. The van der Waals surface area contributed by atoms with Gasteiger partial charge in [-0.3, -0.25) is 14.4 Å². The third-order valence-electron chi connectivity index (χ3n) is 10.4. The maximum atomic E-state index is 12.8. The van der Waals surface area contributed by atoms with Gasteiger partial charge in [-0.25, -0.2) is 0 Å². The van der Waals surface area contributed by atoms with E-state index in [0.717, 1.165) is 56.8 Å². The zero-order valence-electron chi connectivity index (χ0n) is 27.8. The molecule has 3 aromatic rings. The van der Waals surface area contributed by atoms with Crippen molar-refractivity contribution in [3.8, 4) is 17.3 Å². The van der Waals surface area contributed by atoms with Crippen molar-refractivity contribution in [1.29, 1.82) is 5.26 Å². The first-order chi connectivity index (χ1) is 22.0. The van der Waals surface area contributed by atoms with Gasteiger partial charge in [0.15, 0.2) is 0 Å². The van der Waals surface area contributed by atoms with E-state index >= 15 is 0 Å². The molecule has 6 heteroatoms. The third-order valence-corrected chi connectivity index (χ3v) is 10.4. The van der Waals surface area contributed by atoms with Gasteiger partial charge in [0.1, 0.15) is 5.78 Å². The minimum atomic E-state index is 0.198. The van der Waals surface area contributed by atoms with Crippen molar-refractivity contribution in [1.82, 2.24) is 19.6 Å². The van der Waals surface area contributed by atoms with E-state index in [0.29, 0.717) is 29.1 Å². The fourth-order valence-electron chi connectivity index (χ4n) is 7.78. The highest BCUT2D eigenvalue weighted by atomic mass is 16.1. The number of rotatable bonds is 9. The molecule has 2 atom stereocenters. The number of aromatic nitrogens is 2. The van der Waals surface area contributed by atoms with Gasteiger partial charge < -0.3 is 4.90 Å². The lowest BCUT2D eigenvalue weighted by Gasteiger charge is -2.36. The van der Waals surface area contributed by atoms with Gasteiger partial charge >= 0.3 is 0 Å². The van der Waals surface area contributed by atoms with Crippen LogP contribution in [0.4, 0.5) is 0 Å². The van der Waals surface area contributed by atoms with Gasteiger partial charge in [-0.2, -0.15) is 10.4 Å². The minimum absolute atomic E-state index is 0.198. The average Bonchev–Trinajstić information content (AvgIpc) is 3.75. The van der Waals surface area contributed by atoms with Gasteiger partial charge in [0, 0.05) is 25.4 Å². The summed E-state index contributed by atoms with van der Waals surface area (Å²) in [5.74, 6) is 2.29. The zero-order chi connectivity index (χ0) is 31.6. The number of hydrogen-bond acceptors (Lipinski definition) is 5. The van der Waals surface area contributed by atoms with Gasteiger partial charge in [0.2, 0.25) is 0 Å². The van der Waals surface area contributed by atoms with Crippen molar-refractivity contribution >= 4 is 5.78 Å². The summed E-state index contributed by atoms with van der Waals surface area (Å²) in [5, 5.41) is 13.8. The summed E-state index contributed by atoms with van der Waals surface area (Å²) in [6.07, 6.45) is 11.8. The molecule has 1 aromatic heterocycles. The van der Waals surface area contributed by atoms with E-state index in [1.165, 1.54) is 62.6 Å². The number of ketones is 1. The van der Waals surface area contributed by atoms with Crippen LogP contribution in [0.3, 0.4) is 0 Å². The van der Waals surface area contributed by atoms with Gasteiger partial charge in [-0.15, -0.1) is 0 Å². The van der Waals surface area contributed by atoms with Gasteiger partial charge in [-0.05, 0) is 113 Å². The molecular formula is C39H53N5O. The highest BCUT2D eigenvalue weighted by molar-refractivity contribution is 5.84. The maximum Gasteiger partial charge on any atom is 0.150 e. The number of nitriles is 1. The highest BCUT2D eigenvalue weighted by Gasteiger charge is 2.37. The smallest absolute Gasteiger partial charge is 0.150 e. The number of piperidine rings is 1. The summed E-state index contributed by atoms with van der Waals surface area (Å²) < 4.78 is 2.08. The molecule has 2 saturated heterocycles. The molecule has 1 unspecified atom stereocenters. The quantitative estimate of drug-likeness (QED) is 0.246. The molecule has 0 spiro atoms. The summed E-state index contributed by atoms with van der Waals surface area (Å²) in [6.45, 7) is 9.58. The molecule has 3 fully saturated rings. The number of carbonyl (C=O) groups excluding carboxylic acids is 1. The third kappa shape index (κ3) is 8.51. The van der Waals surface area contributed by atoms with Crippen LogP contribution < -0.4 is 0 Å². The molecule has 6 rings (SSSR count). The SMILES string of the molecule is CCCC(=O)[C@@H](C1CCCCC1)N1CCC(c2ccccc2)C1.CCn1nc(C2CCN(C)CC2)cc1-c1ccc(C#N)cc1. The molecule has 3 heterocycles. The number of carbonyl (C=O) groups is 1. The first-order valence-electron chi connectivity index (χ1n) is 17.6. The lowest BCUT2D eigenvalue weighted by molar-refractivity contribution is -0.126. The molecule has 2 aliphatic heterocycles. The topological polar surface area (TPSA) is 65.2 Å². The molecule has 240 valence electrons. The average molecular weight is 608 g/mol. The molecule has 6 nitrogen and oxygen atoms in total. The summed E-state index contributed by atoms with van der Waals surface area (Å²) in [7, 11) is 2.18. The Balaban J connectivity index is 0.000000178. The molecular weight excluding hydrogens is 554 g/mol. The Morgan fingerprint density at radius 3 is 2.24 bits per heavy atom. The minimum Gasteiger partial charge on any atom is -0.306 e. The molecule has 0 N–H and O–H groups in total. The molecule has 2 aromatic carbocycles. The van der Waals surface area contributed by atoms with Gasteiger partial charge in [0.25, 0.3) is 0 Å². The van der Waals surface area contributed by atoms with Crippen molar-refractivity contribution in [2.24, 2.45) is 5.92 Å². The van der Waals surface area contributed by atoms with E-state index in [4.69, 9.17) is 10.4 Å². The number of benzene rings is 2. The summed E-state index contributed by atoms with van der Waals surface area (Å²) >= 11 is 0. The predicted molar refractivity (Wildman–Crippen MR) is 183 cm³/mol. The monoisotopic (exact) mass is 607 g/mol. The highest BCUT2D eigenvalue weighted by Crippen LogP contribution is 2.36. The van der Waals surface area contributed by atoms with E-state index < -0.39 is 0 Å². The van der Waals surface area contributed by atoms with Crippen LogP contribution in [0, 0.1) is 17.2 Å². The normalized spacial score (nSPS) is 20.7. The van der Waals surface area contributed by atoms with Crippen LogP contribution in [-0.2, 0) is 11.3 Å². The predicted octanol–water partition coefficient (Wildman–Crippen LogP) is 8.04. The van der Waals surface area contributed by atoms with E-state index in [1.807, 2.05) is 24.3 Å². The van der Waals surface area contributed by atoms with Crippen molar-refractivity contribution in [2.75, 3.05) is 33.2 Å². The first-order valence-corrected chi connectivity index (χ1v) is 17.6. The molecule has 3 aliphatic rings. The Hall–Kier alpha value is -3.27. The van der Waals surface area contributed by atoms with Crippen LogP contribution in [0.5, 0.6) is 0 Å². The molecule has 0 bridgehead atoms. The summed E-state index contributed by atoms with van der Waals surface area (Å²) in [4.78, 5) is 17.7. The number of aryl methyl sites for hydroxylation is 1. The Bertz CT molecular complexity index is 1380. The van der Waals surface area contributed by atoms with Crippen LogP contribution in [0.1, 0.15) is 107 Å². The second-order valence-electron chi connectivity index (χ2n) is 13.5. The second-order valence-corrected chi connectivity index (χ2v) is 13.5. The van der Waals surface area contributed by atoms with Crippen LogP contribution in [0.25, 0.3) is 11.3 Å². The fraction of sp³-hybridized carbons (Fsp3) is 0.564. The zero-order valence-corrected chi connectivity index (χ0v) is 27.8. The number of Topliss-reactive ketones (excluding diaryl/α,β-unsaturated/α-hetero) is 1. The van der Waals surface area contributed by atoms with E-state index in [-0.39, 0.29) is 6.04 Å². The summed E-state index contributed by atoms with van der Waals surface area (Å²) in [5.41, 5.74) is 5.64. The van der Waals surface area contributed by atoms with Crippen molar-refractivity contribution in [2.45, 2.75) is 102 Å². The Morgan fingerprint density at radius 2 is 1.60 bits per heavy atom. The van der Waals surface area contributed by atoms with E-state index in [1.54, 1.807) is 0 Å². The molecule has 1 saturated carbocycles. The number of likely N-dealkylation sites (tertiary alicyclic amines) is 2. The van der Waals surface area contributed by atoms with Crippen molar-refractivity contribution in [3.63, 3.8) is 0 Å². The molecule has 45 heavy (non-hydrogen) atoms. The van der Waals surface area contributed by atoms with Crippen molar-refractivity contribution < 1.29 is 4.79 Å². The Labute approximate surface area is 271 Å². The van der Waals surface area contributed by atoms with Crippen LogP contribution in [0.2, 0.25) is 0 Å². The maximum absolute atomic E-state index is 12.8. The lowest BCUT2D eigenvalue weighted by atomic mass is 9.81. The van der Waals surface area contributed by atoms with Crippen LogP contribution in [0.15, 0.2) is 60.7 Å². The Kier molecular flexibility index (Phi) is 12.0. The van der Waals surface area contributed by atoms with Crippen LogP contribution in [-0.4, -0.2) is 64.6 Å². The van der Waals surface area contributed by atoms with E-state index in [9.17, 15) is 4.79 Å². The Morgan fingerprint density at radius 1 is 0.911 bits per heavy atom. The molecule has 0 amide bonds.